The minimum absolute atomic E-state index is 0.0692. The first kappa shape index (κ1) is 12.2. The Morgan fingerprint density at radius 1 is 1.38 bits per heavy atom. The van der Waals surface area contributed by atoms with E-state index in [1.54, 1.807) is 12.1 Å². The lowest BCUT2D eigenvalue weighted by atomic mass is 10.2. The molecule has 0 saturated heterocycles. The second-order valence-corrected chi connectivity index (χ2v) is 4.73. The Labute approximate surface area is 93.2 Å². The first-order chi connectivity index (χ1) is 7.42. The summed E-state index contributed by atoms with van der Waals surface area (Å²) in [6.45, 7) is 1.84. The maximum atomic E-state index is 11.5. The van der Waals surface area contributed by atoms with Crippen molar-refractivity contribution in [3.8, 4) is 0 Å². The molecule has 0 saturated carbocycles. The standard InChI is InChI=1S/C9H11N3O3S/c1-7-2-4-8(5-3-7)16(14,15)12-11-6-9(10)13/h2-6,12H,1H3,(H2,10,13)/b11-6-. The molecular weight excluding hydrogens is 230 g/mol. The van der Waals surface area contributed by atoms with Crippen molar-refractivity contribution in [2.75, 3.05) is 0 Å². The van der Waals surface area contributed by atoms with Crippen LogP contribution in [-0.2, 0) is 14.8 Å². The zero-order chi connectivity index (χ0) is 12.2. The molecule has 0 radical (unpaired) electrons. The van der Waals surface area contributed by atoms with Gasteiger partial charge in [0.25, 0.3) is 15.9 Å². The van der Waals surface area contributed by atoms with E-state index in [0.717, 1.165) is 5.56 Å². The third-order valence-electron chi connectivity index (χ3n) is 1.70. The summed E-state index contributed by atoms with van der Waals surface area (Å²) in [7, 11) is -3.73. The van der Waals surface area contributed by atoms with Gasteiger partial charge >= 0.3 is 0 Å². The molecule has 0 spiro atoms. The summed E-state index contributed by atoms with van der Waals surface area (Å²) in [5, 5.41) is 3.20. The number of primary amides is 1. The maximum absolute atomic E-state index is 11.5. The molecule has 6 nitrogen and oxygen atoms in total. The zero-order valence-electron chi connectivity index (χ0n) is 8.54. The molecule has 0 heterocycles. The number of nitrogens with one attached hydrogen (secondary N) is 1. The quantitative estimate of drug-likeness (QED) is 0.561. The van der Waals surface area contributed by atoms with Gasteiger partial charge in [0.05, 0.1) is 4.90 Å². The van der Waals surface area contributed by atoms with Crippen molar-refractivity contribution >= 4 is 22.1 Å². The molecule has 7 heteroatoms. The monoisotopic (exact) mass is 241 g/mol. The van der Waals surface area contributed by atoms with Crippen molar-refractivity contribution in [2.24, 2.45) is 10.8 Å². The van der Waals surface area contributed by atoms with Gasteiger partial charge in [-0.05, 0) is 19.1 Å². The number of aryl methyl sites for hydroxylation is 1. The number of amides is 1. The number of carbonyl (C=O) groups is 1. The van der Waals surface area contributed by atoms with Gasteiger partial charge in [-0.15, -0.1) is 0 Å². The van der Waals surface area contributed by atoms with E-state index in [1.165, 1.54) is 12.1 Å². The first-order valence-corrected chi connectivity index (χ1v) is 5.81. The van der Waals surface area contributed by atoms with E-state index in [9.17, 15) is 13.2 Å². The number of rotatable bonds is 4. The van der Waals surface area contributed by atoms with Crippen LogP contribution in [0, 0.1) is 6.92 Å². The summed E-state index contributed by atoms with van der Waals surface area (Å²) in [5.74, 6) is -0.827. The molecule has 16 heavy (non-hydrogen) atoms. The fraction of sp³-hybridized carbons (Fsp3) is 0.111. The lowest BCUT2D eigenvalue weighted by molar-refractivity contribution is -0.111. The van der Waals surface area contributed by atoms with Gasteiger partial charge in [-0.3, -0.25) is 4.79 Å². The number of hydrogen-bond donors (Lipinski definition) is 2. The fourth-order valence-electron chi connectivity index (χ4n) is 0.929. The molecule has 0 aliphatic heterocycles. The molecular formula is C9H11N3O3S. The number of hydrogen-bond acceptors (Lipinski definition) is 4. The molecule has 0 atom stereocenters. The molecule has 0 bridgehead atoms. The number of carbonyl (C=O) groups excluding carboxylic acids is 1. The smallest absolute Gasteiger partial charge is 0.276 e. The van der Waals surface area contributed by atoms with Crippen molar-refractivity contribution in [2.45, 2.75) is 11.8 Å². The van der Waals surface area contributed by atoms with E-state index in [4.69, 9.17) is 5.73 Å². The molecule has 1 aromatic rings. The average molecular weight is 241 g/mol. The number of sulfonamides is 1. The summed E-state index contributed by atoms with van der Waals surface area (Å²) in [6, 6.07) is 6.20. The number of benzene rings is 1. The van der Waals surface area contributed by atoms with Crippen molar-refractivity contribution in [3.05, 3.63) is 29.8 Å². The Kier molecular flexibility index (Phi) is 3.62. The van der Waals surface area contributed by atoms with E-state index < -0.39 is 15.9 Å². The average Bonchev–Trinajstić information content (AvgIpc) is 2.17. The highest BCUT2D eigenvalue weighted by atomic mass is 32.2. The van der Waals surface area contributed by atoms with Gasteiger partial charge in [0.2, 0.25) is 0 Å². The minimum atomic E-state index is -3.73. The second-order valence-electron chi connectivity index (χ2n) is 3.07. The van der Waals surface area contributed by atoms with Gasteiger partial charge < -0.3 is 5.73 Å². The molecule has 0 aliphatic carbocycles. The normalized spacial score (nSPS) is 11.6. The van der Waals surface area contributed by atoms with Crippen LogP contribution in [0.3, 0.4) is 0 Å². The van der Waals surface area contributed by atoms with Gasteiger partial charge in [0.15, 0.2) is 0 Å². The highest BCUT2D eigenvalue weighted by molar-refractivity contribution is 7.89. The Morgan fingerprint density at radius 3 is 2.44 bits per heavy atom. The molecule has 0 aromatic heterocycles. The van der Waals surface area contributed by atoms with Gasteiger partial charge in [-0.25, -0.2) is 0 Å². The SMILES string of the molecule is Cc1ccc(S(=O)(=O)N/N=C\C(N)=O)cc1. The van der Waals surface area contributed by atoms with E-state index in [2.05, 4.69) is 5.10 Å². The maximum Gasteiger partial charge on any atom is 0.276 e. The third kappa shape index (κ3) is 3.35. The van der Waals surface area contributed by atoms with Crippen LogP contribution in [0.4, 0.5) is 0 Å². The van der Waals surface area contributed by atoms with E-state index in [0.29, 0.717) is 6.21 Å². The van der Waals surface area contributed by atoms with Gasteiger partial charge in [-0.2, -0.15) is 18.4 Å². The van der Waals surface area contributed by atoms with Crippen LogP contribution in [0.15, 0.2) is 34.3 Å². The summed E-state index contributed by atoms with van der Waals surface area (Å²) < 4.78 is 23.1. The van der Waals surface area contributed by atoms with E-state index >= 15 is 0 Å². The molecule has 86 valence electrons. The second kappa shape index (κ2) is 4.75. The van der Waals surface area contributed by atoms with E-state index in [1.807, 2.05) is 11.8 Å². The van der Waals surface area contributed by atoms with Crippen LogP contribution < -0.4 is 10.6 Å². The van der Waals surface area contributed by atoms with Crippen LogP contribution in [-0.4, -0.2) is 20.5 Å². The largest absolute Gasteiger partial charge is 0.365 e. The molecule has 1 amide bonds. The van der Waals surface area contributed by atoms with Crippen LogP contribution in [0.5, 0.6) is 0 Å². The minimum Gasteiger partial charge on any atom is -0.365 e. The Balaban J connectivity index is 2.86. The van der Waals surface area contributed by atoms with Gasteiger partial charge in [0.1, 0.15) is 6.21 Å². The molecule has 0 aliphatic rings. The van der Waals surface area contributed by atoms with Gasteiger partial charge in [0, 0.05) is 0 Å². The van der Waals surface area contributed by atoms with Crippen molar-refractivity contribution in [1.82, 2.24) is 4.83 Å². The lowest BCUT2D eigenvalue weighted by Gasteiger charge is -2.02. The topological polar surface area (TPSA) is 102 Å². The first-order valence-electron chi connectivity index (χ1n) is 4.33. The molecule has 0 fully saturated rings. The van der Waals surface area contributed by atoms with Crippen LogP contribution in [0.25, 0.3) is 0 Å². The van der Waals surface area contributed by atoms with Crippen molar-refractivity contribution < 1.29 is 13.2 Å². The zero-order valence-corrected chi connectivity index (χ0v) is 9.36. The molecule has 1 rings (SSSR count). The highest BCUT2D eigenvalue weighted by Crippen LogP contribution is 2.09. The lowest BCUT2D eigenvalue weighted by Crippen LogP contribution is -2.21. The number of nitrogens with two attached hydrogens (primary N) is 1. The summed E-state index contributed by atoms with van der Waals surface area (Å²) >= 11 is 0. The van der Waals surface area contributed by atoms with Gasteiger partial charge in [-0.1, -0.05) is 17.7 Å². The molecule has 1 aromatic carbocycles. The van der Waals surface area contributed by atoms with Crippen molar-refractivity contribution in [3.63, 3.8) is 0 Å². The van der Waals surface area contributed by atoms with Crippen LogP contribution in [0.1, 0.15) is 5.56 Å². The van der Waals surface area contributed by atoms with Crippen LogP contribution >= 0.6 is 0 Å². The Hall–Kier alpha value is -1.89. The Morgan fingerprint density at radius 2 is 1.94 bits per heavy atom. The third-order valence-corrected chi connectivity index (χ3v) is 2.93. The highest BCUT2D eigenvalue weighted by Gasteiger charge is 2.11. The summed E-state index contributed by atoms with van der Waals surface area (Å²) in [4.78, 5) is 12.2. The summed E-state index contributed by atoms with van der Waals surface area (Å²) in [6.07, 6.45) is 0.686. The molecule has 0 unspecified atom stereocenters. The number of hydrazone groups is 1. The van der Waals surface area contributed by atoms with Crippen molar-refractivity contribution in [1.29, 1.82) is 0 Å². The summed E-state index contributed by atoms with van der Waals surface area (Å²) in [5.41, 5.74) is 5.70. The fourth-order valence-corrected chi connectivity index (χ4v) is 1.72. The predicted molar refractivity (Wildman–Crippen MR) is 59.2 cm³/mol. The predicted octanol–water partition coefficient (Wildman–Crippen LogP) is -0.256. The van der Waals surface area contributed by atoms with E-state index in [-0.39, 0.29) is 4.90 Å². The Bertz CT molecular complexity index is 505. The van der Waals surface area contributed by atoms with Crippen LogP contribution in [0.2, 0.25) is 0 Å². The molecule has 3 N–H and O–H groups in total. The number of nitrogens with zero attached hydrogens (tertiary/aromatic N) is 1.